The van der Waals surface area contributed by atoms with Crippen LogP contribution in [0.3, 0.4) is 0 Å². The van der Waals surface area contributed by atoms with Crippen molar-refractivity contribution in [2.45, 2.75) is 23.6 Å². The van der Waals surface area contributed by atoms with Gasteiger partial charge < -0.3 is 4.72 Å². The van der Waals surface area contributed by atoms with E-state index < -0.39 is 25.8 Å². The van der Waals surface area contributed by atoms with Gasteiger partial charge in [0.05, 0.1) is 15.5 Å². The van der Waals surface area contributed by atoms with Crippen LogP contribution in [0.5, 0.6) is 0 Å². The first-order valence-electron chi connectivity index (χ1n) is 11.0. The zero-order valence-corrected chi connectivity index (χ0v) is 21.0. The topological polar surface area (TPSA) is 111 Å². The Bertz CT molecular complexity index is 1630. The minimum absolute atomic E-state index is 0.0620. The molecule has 0 bridgehead atoms. The van der Waals surface area contributed by atoms with Crippen molar-refractivity contribution in [3.8, 4) is 11.1 Å². The number of anilines is 1. The molecular weight excluding hydrogens is 496 g/mol. The zero-order valence-electron chi connectivity index (χ0n) is 19.4. The van der Waals surface area contributed by atoms with Crippen LogP contribution in [0.15, 0.2) is 94.7 Å². The highest BCUT2D eigenvalue weighted by molar-refractivity contribution is 7.94. The normalized spacial score (nSPS) is 12.7. The number of nitrogens with zero attached hydrogens (tertiary/aromatic N) is 1. The van der Waals surface area contributed by atoms with Crippen molar-refractivity contribution in [2.24, 2.45) is 0 Å². The van der Waals surface area contributed by atoms with Gasteiger partial charge in [0.15, 0.2) is 5.78 Å². The molecule has 0 aliphatic heterocycles. The molecule has 4 aromatic carbocycles. The van der Waals surface area contributed by atoms with Crippen LogP contribution in [0.25, 0.3) is 15.8 Å². The van der Waals surface area contributed by atoms with Crippen LogP contribution >= 0.6 is 0 Å². The SMILES string of the molecule is Cc1ccccc1[N-]S(=O)(=O)c1ccc2c(c1)C(=O)c1cc(S(=O)(=O)Nc3ccccc3C)ccc1-2. The number of para-hydroxylation sites is 1. The fraction of sp³-hybridized carbons (Fsp3) is 0.0741. The number of aryl methyl sites for hydroxylation is 2. The Morgan fingerprint density at radius 1 is 0.639 bits per heavy atom. The maximum absolute atomic E-state index is 13.2. The maximum Gasteiger partial charge on any atom is 0.261 e. The molecule has 1 aliphatic carbocycles. The molecule has 0 saturated carbocycles. The molecule has 0 aromatic heterocycles. The van der Waals surface area contributed by atoms with E-state index in [0.29, 0.717) is 28.1 Å². The first kappa shape index (κ1) is 23.8. The first-order valence-corrected chi connectivity index (χ1v) is 13.9. The van der Waals surface area contributed by atoms with Crippen LogP contribution in [-0.4, -0.2) is 22.6 Å². The molecule has 0 fully saturated rings. The Kier molecular flexibility index (Phi) is 5.69. The van der Waals surface area contributed by atoms with E-state index in [1.54, 1.807) is 74.5 Å². The number of carbonyl (C=O) groups is 1. The van der Waals surface area contributed by atoms with Gasteiger partial charge >= 0.3 is 0 Å². The summed E-state index contributed by atoms with van der Waals surface area (Å²) >= 11 is 0. The molecule has 36 heavy (non-hydrogen) atoms. The van der Waals surface area contributed by atoms with Gasteiger partial charge in [-0.2, -0.15) is 0 Å². The second kappa shape index (κ2) is 8.61. The highest BCUT2D eigenvalue weighted by atomic mass is 32.2. The summed E-state index contributed by atoms with van der Waals surface area (Å²) in [6.45, 7) is 3.55. The number of sulfonamides is 2. The number of fused-ring (bicyclic) bond motifs is 3. The van der Waals surface area contributed by atoms with Gasteiger partial charge in [-0.15, -0.1) is 5.69 Å². The number of benzene rings is 4. The van der Waals surface area contributed by atoms with E-state index in [0.717, 1.165) is 5.56 Å². The molecule has 5 rings (SSSR count). The summed E-state index contributed by atoms with van der Waals surface area (Å²) in [4.78, 5) is 13.1. The van der Waals surface area contributed by atoms with Crippen LogP contribution < -0.4 is 4.72 Å². The fourth-order valence-electron chi connectivity index (χ4n) is 4.10. The van der Waals surface area contributed by atoms with E-state index >= 15 is 0 Å². The molecule has 4 aromatic rings. The van der Waals surface area contributed by atoms with Crippen molar-refractivity contribution in [3.63, 3.8) is 0 Å². The fourth-order valence-corrected chi connectivity index (χ4v) is 6.34. The van der Waals surface area contributed by atoms with Crippen LogP contribution in [0.2, 0.25) is 0 Å². The zero-order chi connectivity index (χ0) is 25.7. The lowest BCUT2D eigenvalue weighted by molar-refractivity contribution is 0.104. The van der Waals surface area contributed by atoms with Crippen LogP contribution in [0.4, 0.5) is 11.4 Å². The molecule has 0 amide bonds. The third-order valence-corrected chi connectivity index (χ3v) is 8.74. The van der Waals surface area contributed by atoms with Gasteiger partial charge in [0.25, 0.3) is 10.0 Å². The van der Waals surface area contributed by atoms with Crippen molar-refractivity contribution in [1.29, 1.82) is 0 Å². The summed E-state index contributed by atoms with van der Waals surface area (Å²) in [5, 5.41) is 0. The van der Waals surface area contributed by atoms with Gasteiger partial charge in [-0.05, 0) is 60.9 Å². The number of hydrogen-bond acceptors (Lipinski definition) is 5. The number of hydrogen-bond donors (Lipinski definition) is 1. The number of carbonyl (C=O) groups excluding carboxylic acids is 1. The Hall–Kier alpha value is -3.95. The molecule has 0 radical (unpaired) electrons. The Morgan fingerprint density at radius 3 is 1.83 bits per heavy atom. The largest absolute Gasteiger partial charge is 0.572 e. The lowest BCUT2D eigenvalue weighted by Crippen LogP contribution is -2.14. The number of ketones is 1. The molecule has 7 nitrogen and oxygen atoms in total. The monoisotopic (exact) mass is 517 g/mol. The third-order valence-electron chi connectivity index (χ3n) is 6.09. The van der Waals surface area contributed by atoms with E-state index in [9.17, 15) is 21.6 Å². The molecule has 1 N–H and O–H groups in total. The highest BCUT2D eigenvalue weighted by Crippen LogP contribution is 2.40. The van der Waals surface area contributed by atoms with Crippen LogP contribution in [0.1, 0.15) is 27.0 Å². The van der Waals surface area contributed by atoms with Gasteiger partial charge in [-0.25, -0.2) is 16.8 Å². The molecule has 0 saturated heterocycles. The van der Waals surface area contributed by atoms with E-state index in [1.807, 2.05) is 0 Å². The average Bonchev–Trinajstić information content (AvgIpc) is 3.13. The van der Waals surface area contributed by atoms with Crippen LogP contribution in [0, 0.1) is 13.8 Å². The molecule has 182 valence electrons. The molecule has 0 heterocycles. The van der Waals surface area contributed by atoms with E-state index in [2.05, 4.69) is 9.44 Å². The molecule has 0 unspecified atom stereocenters. The van der Waals surface area contributed by atoms with Gasteiger partial charge in [0.1, 0.15) is 10.0 Å². The van der Waals surface area contributed by atoms with Crippen molar-refractivity contribution < 1.29 is 21.6 Å². The van der Waals surface area contributed by atoms with Crippen LogP contribution in [-0.2, 0) is 20.0 Å². The van der Waals surface area contributed by atoms with Crippen molar-refractivity contribution in [1.82, 2.24) is 0 Å². The maximum atomic E-state index is 13.2. The summed E-state index contributed by atoms with van der Waals surface area (Å²) in [7, 11) is -8.02. The lowest BCUT2D eigenvalue weighted by Gasteiger charge is -2.24. The summed E-state index contributed by atoms with van der Waals surface area (Å²) in [5.74, 6) is -0.444. The first-order chi connectivity index (χ1) is 17.1. The summed E-state index contributed by atoms with van der Waals surface area (Å²) in [6.07, 6.45) is 0. The molecular formula is C27H21N2O5S2-. The predicted molar refractivity (Wildman–Crippen MR) is 139 cm³/mol. The lowest BCUT2D eigenvalue weighted by atomic mass is 10.1. The molecule has 0 spiro atoms. The summed E-state index contributed by atoms with van der Waals surface area (Å²) in [5.41, 5.74) is 3.71. The molecule has 0 atom stereocenters. The third kappa shape index (κ3) is 4.16. The predicted octanol–water partition coefficient (Wildman–Crippen LogP) is 5.71. The van der Waals surface area contributed by atoms with E-state index in [1.165, 1.54) is 24.3 Å². The Morgan fingerprint density at radius 2 is 1.19 bits per heavy atom. The second-order valence-electron chi connectivity index (χ2n) is 8.52. The standard InChI is InChI=1S/C27H21N2O5S2/c1-17-7-3-5-9-25(17)28-35(31,32)19-11-13-21-22-14-12-20(16-24(22)27(30)23(21)15-19)36(33,34)29-26-10-6-4-8-18(26)2/h3-16,28H,1-2H3/q-1. The minimum Gasteiger partial charge on any atom is -0.572 e. The van der Waals surface area contributed by atoms with Gasteiger partial charge in [0, 0.05) is 11.1 Å². The van der Waals surface area contributed by atoms with E-state index in [-0.39, 0.29) is 20.9 Å². The summed E-state index contributed by atoms with van der Waals surface area (Å²) < 4.78 is 58.4. The number of nitrogens with one attached hydrogen (secondary N) is 1. The van der Waals surface area contributed by atoms with Gasteiger partial charge in [-0.1, -0.05) is 60.2 Å². The van der Waals surface area contributed by atoms with Gasteiger partial charge in [-0.3, -0.25) is 9.52 Å². The number of rotatable bonds is 6. The van der Waals surface area contributed by atoms with Crippen molar-refractivity contribution in [3.05, 3.63) is 112 Å². The smallest absolute Gasteiger partial charge is 0.261 e. The van der Waals surface area contributed by atoms with Crippen molar-refractivity contribution in [2.75, 3.05) is 4.72 Å². The molecule has 9 heteroatoms. The Labute approximate surface area is 209 Å². The summed E-state index contributed by atoms with van der Waals surface area (Å²) in [6, 6.07) is 22.4. The highest BCUT2D eigenvalue weighted by Gasteiger charge is 2.30. The van der Waals surface area contributed by atoms with Crippen molar-refractivity contribution >= 4 is 37.2 Å². The Balaban J connectivity index is 1.48. The molecule has 1 aliphatic rings. The quantitative estimate of drug-likeness (QED) is 0.310. The van der Waals surface area contributed by atoms with Gasteiger partial charge in [0.2, 0.25) is 0 Å². The van der Waals surface area contributed by atoms with E-state index in [4.69, 9.17) is 0 Å². The average molecular weight is 518 g/mol. The second-order valence-corrected chi connectivity index (χ2v) is 11.8. The minimum atomic E-state index is -4.07.